The molecule has 0 amide bonds. The molecule has 0 bridgehead atoms. The number of carbonyl (C=O) groups excluding carboxylic acids is 1. The molecular formula is C18H13N3O2S. The van der Waals surface area contributed by atoms with E-state index in [4.69, 9.17) is 4.74 Å². The van der Waals surface area contributed by atoms with Crippen molar-refractivity contribution in [2.75, 3.05) is 7.11 Å². The third kappa shape index (κ3) is 2.57. The number of fused-ring (bicyclic) bond motifs is 1. The monoisotopic (exact) mass is 335 g/mol. The number of benzene rings is 2. The fourth-order valence-electron chi connectivity index (χ4n) is 2.48. The highest BCUT2D eigenvalue weighted by atomic mass is 32.1. The number of thiazole rings is 1. The van der Waals surface area contributed by atoms with Gasteiger partial charge in [-0.25, -0.2) is 14.8 Å². The quantitative estimate of drug-likeness (QED) is 0.571. The summed E-state index contributed by atoms with van der Waals surface area (Å²) in [6.45, 7) is 0. The molecule has 4 rings (SSSR count). The molecule has 0 atom stereocenters. The average Bonchev–Trinajstić information content (AvgIpc) is 3.27. The maximum atomic E-state index is 11.6. The summed E-state index contributed by atoms with van der Waals surface area (Å²) in [6, 6.07) is 15.3. The minimum absolute atomic E-state index is 0.367. The molecule has 24 heavy (non-hydrogen) atoms. The van der Waals surface area contributed by atoms with Crippen molar-refractivity contribution in [1.82, 2.24) is 15.0 Å². The van der Waals surface area contributed by atoms with E-state index in [9.17, 15) is 4.79 Å². The van der Waals surface area contributed by atoms with E-state index in [1.807, 2.05) is 35.7 Å². The molecule has 118 valence electrons. The Morgan fingerprint density at radius 1 is 1.12 bits per heavy atom. The van der Waals surface area contributed by atoms with Crippen molar-refractivity contribution in [3.63, 3.8) is 0 Å². The van der Waals surface area contributed by atoms with Crippen molar-refractivity contribution in [3.8, 4) is 22.1 Å². The maximum absolute atomic E-state index is 11.6. The first kappa shape index (κ1) is 14.6. The van der Waals surface area contributed by atoms with Crippen LogP contribution in [0.4, 0.5) is 0 Å². The Hall–Kier alpha value is -2.99. The van der Waals surface area contributed by atoms with E-state index in [0.29, 0.717) is 11.4 Å². The SMILES string of the molecule is COC(=O)c1ccc2nc(-c3nc(-c4ccccc4)cs3)[nH]c2c1. The second kappa shape index (κ2) is 5.90. The second-order valence-corrected chi connectivity index (χ2v) is 6.07. The van der Waals surface area contributed by atoms with Crippen LogP contribution in [-0.4, -0.2) is 28.0 Å². The molecule has 2 heterocycles. The minimum Gasteiger partial charge on any atom is -0.465 e. The lowest BCUT2D eigenvalue weighted by Gasteiger charge is -1.97. The number of ether oxygens (including phenoxy) is 1. The molecule has 0 fully saturated rings. The fraction of sp³-hybridized carbons (Fsp3) is 0.0556. The van der Waals surface area contributed by atoms with Gasteiger partial charge in [-0.05, 0) is 18.2 Å². The number of nitrogens with one attached hydrogen (secondary N) is 1. The summed E-state index contributed by atoms with van der Waals surface area (Å²) in [5.74, 6) is 0.327. The van der Waals surface area contributed by atoms with E-state index in [1.165, 1.54) is 18.4 Å². The number of methoxy groups -OCH3 is 1. The number of imidazole rings is 1. The smallest absolute Gasteiger partial charge is 0.337 e. The van der Waals surface area contributed by atoms with Crippen LogP contribution in [0.2, 0.25) is 0 Å². The van der Waals surface area contributed by atoms with Crippen molar-refractivity contribution in [2.24, 2.45) is 0 Å². The Morgan fingerprint density at radius 2 is 1.96 bits per heavy atom. The van der Waals surface area contributed by atoms with Gasteiger partial charge in [0.1, 0.15) is 0 Å². The molecule has 2 aromatic carbocycles. The van der Waals surface area contributed by atoms with Gasteiger partial charge in [-0.1, -0.05) is 30.3 Å². The molecule has 1 N–H and O–H groups in total. The van der Waals surface area contributed by atoms with E-state index in [2.05, 4.69) is 15.0 Å². The van der Waals surface area contributed by atoms with Crippen LogP contribution in [0.3, 0.4) is 0 Å². The molecule has 6 heteroatoms. The average molecular weight is 335 g/mol. The number of rotatable bonds is 3. The predicted molar refractivity (Wildman–Crippen MR) is 94.0 cm³/mol. The molecule has 0 saturated carbocycles. The number of aromatic amines is 1. The van der Waals surface area contributed by atoms with Crippen LogP contribution in [0, 0.1) is 0 Å². The van der Waals surface area contributed by atoms with Gasteiger partial charge in [0, 0.05) is 10.9 Å². The van der Waals surface area contributed by atoms with Gasteiger partial charge >= 0.3 is 5.97 Å². The van der Waals surface area contributed by atoms with Crippen LogP contribution in [0.15, 0.2) is 53.9 Å². The van der Waals surface area contributed by atoms with E-state index >= 15 is 0 Å². The summed E-state index contributed by atoms with van der Waals surface area (Å²) in [5.41, 5.74) is 4.05. The first-order valence-corrected chi connectivity index (χ1v) is 8.22. The zero-order chi connectivity index (χ0) is 16.5. The molecule has 0 unspecified atom stereocenters. The zero-order valence-corrected chi connectivity index (χ0v) is 13.6. The number of hydrogen-bond acceptors (Lipinski definition) is 5. The Morgan fingerprint density at radius 3 is 2.75 bits per heavy atom. The van der Waals surface area contributed by atoms with Crippen molar-refractivity contribution in [3.05, 3.63) is 59.5 Å². The number of nitrogens with zero attached hydrogens (tertiary/aromatic N) is 2. The van der Waals surface area contributed by atoms with Crippen LogP contribution in [0.1, 0.15) is 10.4 Å². The number of aromatic nitrogens is 3. The largest absolute Gasteiger partial charge is 0.465 e. The lowest BCUT2D eigenvalue weighted by molar-refractivity contribution is 0.0601. The minimum atomic E-state index is -0.367. The summed E-state index contributed by atoms with van der Waals surface area (Å²) in [7, 11) is 1.37. The number of hydrogen-bond donors (Lipinski definition) is 1. The highest BCUT2D eigenvalue weighted by Gasteiger charge is 2.13. The normalized spacial score (nSPS) is 10.9. The Bertz CT molecular complexity index is 1020. The van der Waals surface area contributed by atoms with Gasteiger partial charge < -0.3 is 9.72 Å². The topological polar surface area (TPSA) is 67.9 Å². The molecule has 0 aliphatic carbocycles. The zero-order valence-electron chi connectivity index (χ0n) is 12.8. The highest BCUT2D eigenvalue weighted by molar-refractivity contribution is 7.13. The van der Waals surface area contributed by atoms with Crippen LogP contribution in [-0.2, 0) is 4.74 Å². The first-order chi connectivity index (χ1) is 11.7. The molecule has 5 nitrogen and oxygen atoms in total. The summed E-state index contributed by atoms with van der Waals surface area (Å²) < 4.78 is 4.75. The van der Waals surface area contributed by atoms with E-state index in [0.717, 1.165) is 27.3 Å². The van der Waals surface area contributed by atoms with E-state index in [1.54, 1.807) is 18.2 Å². The van der Waals surface area contributed by atoms with Gasteiger partial charge in [0.2, 0.25) is 0 Å². The van der Waals surface area contributed by atoms with Gasteiger partial charge in [0.05, 0.1) is 29.4 Å². The van der Waals surface area contributed by atoms with Crippen LogP contribution in [0.5, 0.6) is 0 Å². The third-order valence-corrected chi connectivity index (χ3v) is 4.53. The predicted octanol–water partition coefficient (Wildman–Crippen LogP) is 4.14. The van der Waals surface area contributed by atoms with Gasteiger partial charge in [-0.3, -0.25) is 0 Å². The maximum Gasteiger partial charge on any atom is 0.337 e. The molecule has 0 radical (unpaired) electrons. The van der Waals surface area contributed by atoms with Crippen molar-refractivity contribution < 1.29 is 9.53 Å². The van der Waals surface area contributed by atoms with E-state index < -0.39 is 0 Å². The van der Waals surface area contributed by atoms with E-state index in [-0.39, 0.29) is 5.97 Å². The Kier molecular flexibility index (Phi) is 3.59. The molecule has 2 aromatic heterocycles. The molecule has 0 spiro atoms. The van der Waals surface area contributed by atoms with Crippen LogP contribution >= 0.6 is 11.3 Å². The van der Waals surface area contributed by atoms with Crippen LogP contribution < -0.4 is 0 Å². The number of esters is 1. The summed E-state index contributed by atoms with van der Waals surface area (Å²) in [6.07, 6.45) is 0. The van der Waals surface area contributed by atoms with Gasteiger partial charge in [0.15, 0.2) is 10.8 Å². The summed E-state index contributed by atoms with van der Waals surface area (Å²) in [4.78, 5) is 24.1. The van der Waals surface area contributed by atoms with Crippen molar-refractivity contribution in [1.29, 1.82) is 0 Å². The Balaban J connectivity index is 1.72. The summed E-state index contributed by atoms with van der Waals surface area (Å²) in [5, 5.41) is 2.82. The lowest BCUT2D eigenvalue weighted by Crippen LogP contribution is -2.00. The van der Waals surface area contributed by atoms with Crippen molar-refractivity contribution >= 4 is 28.3 Å². The highest BCUT2D eigenvalue weighted by Crippen LogP contribution is 2.28. The fourth-order valence-corrected chi connectivity index (χ4v) is 3.25. The molecule has 0 saturated heterocycles. The second-order valence-electron chi connectivity index (χ2n) is 5.21. The van der Waals surface area contributed by atoms with Crippen LogP contribution in [0.25, 0.3) is 33.1 Å². The molecule has 0 aliphatic heterocycles. The molecular weight excluding hydrogens is 322 g/mol. The standard InChI is InChI=1S/C18H13N3O2S/c1-23-18(22)12-7-8-13-14(9-12)20-16(19-13)17-21-15(10-24-17)11-5-3-2-4-6-11/h2-10H,1H3,(H,19,20). The lowest BCUT2D eigenvalue weighted by atomic mass is 10.2. The molecule has 4 aromatic rings. The molecule has 0 aliphatic rings. The Labute approximate surface area is 142 Å². The van der Waals surface area contributed by atoms with Gasteiger partial charge in [-0.2, -0.15) is 0 Å². The van der Waals surface area contributed by atoms with Gasteiger partial charge in [-0.15, -0.1) is 11.3 Å². The summed E-state index contributed by atoms with van der Waals surface area (Å²) >= 11 is 1.53. The third-order valence-electron chi connectivity index (χ3n) is 3.68. The van der Waals surface area contributed by atoms with Gasteiger partial charge in [0.25, 0.3) is 0 Å². The number of carbonyl (C=O) groups is 1. The first-order valence-electron chi connectivity index (χ1n) is 7.34. The number of H-pyrrole nitrogens is 1. The van der Waals surface area contributed by atoms with Crippen molar-refractivity contribution in [2.45, 2.75) is 0 Å².